The monoisotopic (exact) mass is 405 g/mol. The quantitative estimate of drug-likeness (QED) is 0.427. The van der Waals surface area contributed by atoms with Gasteiger partial charge in [-0.3, -0.25) is 4.79 Å². The summed E-state index contributed by atoms with van der Waals surface area (Å²) in [6.07, 6.45) is 3.85. The van der Waals surface area contributed by atoms with Crippen LogP contribution in [0.25, 0.3) is 0 Å². The van der Waals surface area contributed by atoms with Crippen LogP contribution >= 0.6 is 0 Å². The molecule has 9 heteroatoms. The summed E-state index contributed by atoms with van der Waals surface area (Å²) in [5.74, 6) is 0.263. The number of nitrogens with one attached hydrogen (secondary N) is 3. The molecule has 0 aromatic heterocycles. The number of benzene rings is 1. The molecule has 0 aliphatic carbocycles. The Morgan fingerprint density at radius 3 is 2.48 bits per heavy atom. The molecule has 0 unspecified atom stereocenters. The Hall–Kier alpha value is -3.23. The lowest BCUT2D eigenvalue weighted by Gasteiger charge is -2.18. The molecule has 1 saturated heterocycles. The van der Waals surface area contributed by atoms with Crippen LogP contribution in [0.4, 0.5) is 10.5 Å². The van der Waals surface area contributed by atoms with Crippen LogP contribution in [0.5, 0.6) is 11.5 Å². The van der Waals surface area contributed by atoms with E-state index in [2.05, 4.69) is 16.0 Å². The van der Waals surface area contributed by atoms with Crippen molar-refractivity contribution < 1.29 is 28.6 Å². The van der Waals surface area contributed by atoms with Gasteiger partial charge in [-0.05, 0) is 19.8 Å². The largest absolute Gasteiger partial charge is 0.497 e. The molecule has 1 aromatic rings. The van der Waals surface area contributed by atoms with E-state index in [-0.39, 0.29) is 18.4 Å². The van der Waals surface area contributed by atoms with E-state index in [1.807, 2.05) is 0 Å². The lowest BCUT2D eigenvalue weighted by atomic mass is 9.98. The van der Waals surface area contributed by atoms with Gasteiger partial charge in [0.05, 0.1) is 26.9 Å². The zero-order valence-electron chi connectivity index (χ0n) is 16.8. The summed E-state index contributed by atoms with van der Waals surface area (Å²) in [6.45, 7) is 2.57. The van der Waals surface area contributed by atoms with E-state index >= 15 is 0 Å². The third-order valence-electron chi connectivity index (χ3n) is 4.38. The molecule has 1 aliphatic heterocycles. The van der Waals surface area contributed by atoms with Gasteiger partial charge in [0, 0.05) is 42.4 Å². The van der Waals surface area contributed by atoms with Crippen LogP contribution in [-0.4, -0.2) is 51.3 Å². The summed E-state index contributed by atoms with van der Waals surface area (Å²) in [7, 11) is 3.03. The fourth-order valence-electron chi connectivity index (χ4n) is 2.96. The minimum Gasteiger partial charge on any atom is -0.497 e. The summed E-state index contributed by atoms with van der Waals surface area (Å²) in [4.78, 5) is 36.0. The third kappa shape index (κ3) is 7.02. The van der Waals surface area contributed by atoms with Crippen LogP contribution in [0.1, 0.15) is 19.8 Å². The predicted molar refractivity (Wildman–Crippen MR) is 107 cm³/mol. The molecule has 0 radical (unpaired) electrons. The Bertz CT molecular complexity index is 742. The number of ether oxygens (including phenoxy) is 3. The summed E-state index contributed by atoms with van der Waals surface area (Å²) >= 11 is 0. The zero-order chi connectivity index (χ0) is 21.2. The summed E-state index contributed by atoms with van der Waals surface area (Å²) in [6, 6.07) is 3.97. The number of methoxy groups -OCH3 is 2. The number of urea groups is 1. The average Bonchev–Trinajstić information content (AvgIpc) is 3.10. The van der Waals surface area contributed by atoms with E-state index in [9.17, 15) is 14.4 Å². The Kier molecular flexibility index (Phi) is 8.32. The van der Waals surface area contributed by atoms with E-state index in [0.29, 0.717) is 36.6 Å². The van der Waals surface area contributed by atoms with Crippen molar-refractivity contribution in [1.29, 1.82) is 0 Å². The summed E-state index contributed by atoms with van der Waals surface area (Å²) in [5.41, 5.74) is 0.477. The molecule has 1 aliphatic rings. The molecule has 3 amide bonds. The maximum Gasteiger partial charge on any atom is 0.330 e. The number of amides is 3. The Balaban J connectivity index is 2.07. The van der Waals surface area contributed by atoms with Gasteiger partial charge in [0.2, 0.25) is 5.91 Å². The predicted octanol–water partition coefficient (Wildman–Crippen LogP) is 1.84. The topological polar surface area (TPSA) is 115 Å². The second-order valence-corrected chi connectivity index (χ2v) is 6.43. The van der Waals surface area contributed by atoms with Crippen molar-refractivity contribution in [3.8, 4) is 11.5 Å². The van der Waals surface area contributed by atoms with Crippen molar-refractivity contribution >= 4 is 23.6 Å². The van der Waals surface area contributed by atoms with Gasteiger partial charge in [-0.2, -0.15) is 0 Å². The molecular weight excluding hydrogens is 378 g/mol. The van der Waals surface area contributed by atoms with Gasteiger partial charge >= 0.3 is 12.0 Å². The molecule has 0 bridgehead atoms. The van der Waals surface area contributed by atoms with Crippen LogP contribution < -0.4 is 25.4 Å². The second-order valence-electron chi connectivity index (χ2n) is 6.43. The van der Waals surface area contributed by atoms with E-state index in [1.54, 1.807) is 25.1 Å². The average molecular weight is 405 g/mol. The van der Waals surface area contributed by atoms with Crippen molar-refractivity contribution in [3.63, 3.8) is 0 Å². The van der Waals surface area contributed by atoms with Crippen LogP contribution in [-0.2, 0) is 14.3 Å². The standard InChI is InChI=1S/C20H27N3O6/c1-4-29-18(24)6-5-14(9-13-7-8-21-19(13)25)22-20(26)23-15-10-16(27-2)12-17(11-15)28-3/h5-6,10-14H,4,7-9H2,1-3H3,(H,21,25)(H2,22,23,26)/b6-5+/t13-,14+/m0/s1. The number of hydrogen-bond donors (Lipinski definition) is 3. The fraction of sp³-hybridized carbons (Fsp3) is 0.450. The molecule has 1 heterocycles. The molecule has 158 valence electrons. The van der Waals surface area contributed by atoms with Crippen molar-refractivity contribution in [2.45, 2.75) is 25.8 Å². The first-order valence-electron chi connectivity index (χ1n) is 9.38. The maximum atomic E-state index is 12.5. The Morgan fingerprint density at radius 2 is 1.93 bits per heavy atom. The maximum absolute atomic E-state index is 12.5. The van der Waals surface area contributed by atoms with Gasteiger partial charge in [0.1, 0.15) is 11.5 Å². The molecular formula is C20H27N3O6. The van der Waals surface area contributed by atoms with Crippen molar-refractivity contribution in [1.82, 2.24) is 10.6 Å². The molecule has 9 nitrogen and oxygen atoms in total. The highest BCUT2D eigenvalue weighted by atomic mass is 16.5. The van der Waals surface area contributed by atoms with Crippen LogP contribution in [0.15, 0.2) is 30.4 Å². The van der Waals surface area contributed by atoms with Crippen LogP contribution in [0.3, 0.4) is 0 Å². The highest BCUT2D eigenvalue weighted by Crippen LogP contribution is 2.25. The Morgan fingerprint density at radius 1 is 1.24 bits per heavy atom. The molecule has 3 N–H and O–H groups in total. The normalized spacial score (nSPS) is 16.8. The second kappa shape index (κ2) is 10.9. The molecule has 1 fully saturated rings. The zero-order valence-corrected chi connectivity index (χ0v) is 16.8. The van der Waals surface area contributed by atoms with Gasteiger partial charge in [0.25, 0.3) is 0 Å². The highest BCUT2D eigenvalue weighted by molar-refractivity contribution is 5.90. The minimum absolute atomic E-state index is 0.0562. The van der Waals surface area contributed by atoms with Gasteiger partial charge in [0.15, 0.2) is 0 Å². The molecule has 1 aromatic carbocycles. The number of rotatable bonds is 9. The molecule has 29 heavy (non-hydrogen) atoms. The SMILES string of the molecule is CCOC(=O)/C=C/[C@H](C[C@@H]1CCNC1=O)NC(=O)Nc1cc(OC)cc(OC)c1. The molecule has 0 spiro atoms. The summed E-state index contributed by atoms with van der Waals surface area (Å²) in [5, 5.41) is 8.26. The third-order valence-corrected chi connectivity index (χ3v) is 4.38. The van der Waals surface area contributed by atoms with E-state index in [4.69, 9.17) is 14.2 Å². The Labute approximate surface area is 169 Å². The van der Waals surface area contributed by atoms with Gasteiger partial charge < -0.3 is 30.2 Å². The molecule has 2 rings (SSSR count). The minimum atomic E-state index is -0.527. The fourth-order valence-corrected chi connectivity index (χ4v) is 2.96. The lowest BCUT2D eigenvalue weighted by molar-refractivity contribution is -0.137. The first-order chi connectivity index (χ1) is 13.9. The lowest BCUT2D eigenvalue weighted by Crippen LogP contribution is -2.39. The number of esters is 1. The highest BCUT2D eigenvalue weighted by Gasteiger charge is 2.27. The van der Waals surface area contributed by atoms with Crippen molar-refractivity contribution in [3.05, 3.63) is 30.4 Å². The van der Waals surface area contributed by atoms with Gasteiger partial charge in [-0.15, -0.1) is 0 Å². The molecule has 0 saturated carbocycles. The van der Waals surface area contributed by atoms with E-state index in [1.165, 1.54) is 26.4 Å². The van der Waals surface area contributed by atoms with Crippen LogP contribution in [0.2, 0.25) is 0 Å². The van der Waals surface area contributed by atoms with Crippen molar-refractivity contribution in [2.75, 3.05) is 32.7 Å². The first-order valence-corrected chi connectivity index (χ1v) is 9.38. The number of anilines is 1. The summed E-state index contributed by atoms with van der Waals surface area (Å²) < 4.78 is 15.3. The first kappa shape index (κ1) is 22.1. The number of hydrogen-bond acceptors (Lipinski definition) is 6. The van der Waals surface area contributed by atoms with E-state index in [0.717, 1.165) is 0 Å². The molecule has 2 atom stereocenters. The van der Waals surface area contributed by atoms with Crippen LogP contribution in [0, 0.1) is 5.92 Å². The number of carbonyl (C=O) groups is 3. The van der Waals surface area contributed by atoms with E-state index < -0.39 is 18.0 Å². The van der Waals surface area contributed by atoms with Crippen molar-refractivity contribution in [2.24, 2.45) is 5.92 Å². The smallest absolute Gasteiger partial charge is 0.330 e. The van der Waals surface area contributed by atoms with Gasteiger partial charge in [-0.1, -0.05) is 6.08 Å². The van der Waals surface area contributed by atoms with Gasteiger partial charge in [-0.25, -0.2) is 9.59 Å². The number of carbonyl (C=O) groups excluding carboxylic acids is 3.